The minimum Gasteiger partial charge on any atom is -0.297 e. The van der Waals surface area contributed by atoms with E-state index in [4.69, 9.17) is 11.6 Å². The van der Waals surface area contributed by atoms with Crippen molar-refractivity contribution in [3.05, 3.63) is 48.6 Å². The molecular weight excluding hydrogens is 184 g/mol. The predicted octanol–water partition coefficient (Wildman–Crippen LogP) is 2.59. The third kappa shape index (κ3) is 3.03. The molecule has 1 nitrogen and oxygen atoms in total. The lowest BCUT2D eigenvalue weighted by Crippen LogP contribution is -2.13. The highest BCUT2D eigenvalue weighted by molar-refractivity contribution is 6.32. The van der Waals surface area contributed by atoms with Gasteiger partial charge in [-0.1, -0.05) is 36.4 Å². The predicted molar refractivity (Wildman–Crippen MR) is 55.0 cm³/mol. The van der Waals surface area contributed by atoms with Crippen molar-refractivity contribution in [2.24, 2.45) is 0 Å². The molecule has 1 aromatic rings. The summed E-state index contributed by atoms with van der Waals surface area (Å²) in [6.45, 7) is 3.47. The van der Waals surface area contributed by atoms with Crippen molar-refractivity contribution in [1.82, 2.24) is 0 Å². The maximum atomic E-state index is 11.3. The van der Waals surface area contributed by atoms with Gasteiger partial charge >= 0.3 is 0 Å². The third-order valence-electron chi connectivity index (χ3n) is 1.74. The summed E-state index contributed by atoms with van der Waals surface area (Å²) in [4.78, 5) is 11.3. The molecule has 13 heavy (non-hydrogen) atoms. The maximum Gasteiger partial charge on any atom is 0.158 e. The summed E-state index contributed by atoms with van der Waals surface area (Å²) in [7, 11) is 0. The van der Waals surface area contributed by atoms with Crippen LogP contribution in [0.25, 0.3) is 0 Å². The van der Waals surface area contributed by atoms with Crippen LogP contribution in [-0.2, 0) is 11.2 Å². The number of allylic oxidation sites excluding steroid dienone is 1. The van der Waals surface area contributed by atoms with Crippen LogP contribution in [0, 0.1) is 0 Å². The molecule has 0 aliphatic carbocycles. The molecule has 0 heterocycles. The van der Waals surface area contributed by atoms with Gasteiger partial charge in [0.05, 0.1) is 0 Å². The molecule has 1 rings (SSSR count). The van der Waals surface area contributed by atoms with E-state index in [1.807, 2.05) is 30.3 Å². The van der Waals surface area contributed by atoms with Crippen LogP contribution in [0.1, 0.15) is 5.56 Å². The Hall–Kier alpha value is -1.08. The number of halogens is 1. The van der Waals surface area contributed by atoms with Crippen LogP contribution < -0.4 is 0 Å². The first kappa shape index (κ1) is 10.0. The van der Waals surface area contributed by atoms with E-state index in [0.717, 1.165) is 5.56 Å². The highest BCUT2D eigenvalue weighted by Gasteiger charge is 2.10. The first-order valence-electron chi connectivity index (χ1n) is 4.07. The van der Waals surface area contributed by atoms with E-state index in [1.165, 1.54) is 6.08 Å². The second kappa shape index (κ2) is 4.83. The topological polar surface area (TPSA) is 17.1 Å². The van der Waals surface area contributed by atoms with E-state index in [0.29, 0.717) is 6.42 Å². The van der Waals surface area contributed by atoms with E-state index in [2.05, 4.69) is 6.58 Å². The van der Waals surface area contributed by atoms with Gasteiger partial charge in [-0.25, -0.2) is 0 Å². The Labute approximate surface area is 83.0 Å². The molecule has 0 saturated heterocycles. The fourth-order valence-corrected chi connectivity index (χ4v) is 1.10. The molecule has 0 fully saturated rings. The Bertz CT molecular complexity index is 292. The largest absolute Gasteiger partial charge is 0.297 e. The number of carbonyl (C=O) groups excluding carboxylic acids is 1. The van der Waals surface area contributed by atoms with Gasteiger partial charge in [0.25, 0.3) is 0 Å². The molecule has 0 aliphatic rings. The van der Waals surface area contributed by atoms with Crippen molar-refractivity contribution in [2.45, 2.75) is 11.8 Å². The molecule has 0 bridgehead atoms. The number of hydrogen-bond acceptors (Lipinski definition) is 1. The van der Waals surface area contributed by atoms with Gasteiger partial charge in [-0.15, -0.1) is 18.2 Å². The lowest BCUT2D eigenvalue weighted by Gasteiger charge is -2.02. The number of ketones is 1. The molecule has 68 valence electrons. The molecule has 2 heteroatoms. The number of rotatable bonds is 4. The Morgan fingerprint density at radius 3 is 2.62 bits per heavy atom. The number of Topliss-reactive ketones (excluding diaryl/α,β-unsaturated/α-hetero) is 1. The van der Waals surface area contributed by atoms with Crippen molar-refractivity contribution in [2.75, 3.05) is 0 Å². The summed E-state index contributed by atoms with van der Waals surface area (Å²) >= 11 is 5.70. The first-order valence-corrected chi connectivity index (χ1v) is 4.51. The molecular formula is C11H11ClO. The van der Waals surface area contributed by atoms with E-state index in [-0.39, 0.29) is 5.78 Å². The lowest BCUT2D eigenvalue weighted by atomic mass is 10.1. The monoisotopic (exact) mass is 194 g/mol. The molecule has 1 unspecified atom stereocenters. The average Bonchev–Trinajstić information content (AvgIpc) is 2.18. The van der Waals surface area contributed by atoms with Crippen LogP contribution in [0.3, 0.4) is 0 Å². The zero-order valence-corrected chi connectivity index (χ0v) is 8.00. The fraction of sp³-hybridized carbons (Fsp3) is 0.182. The molecule has 0 aliphatic heterocycles. The van der Waals surface area contributed by atoms with E-state index in [9.17, 15) is 4.79 Å². The van der Waals surface area contributed by atoms with E-state index in [1.54, 1.807) is 0 Å². The van der Waals surface area contributed by atoms with Gasteiger partial charge in [0.2, 0.25) is 0 Å². The molecule has 1 aromatic carbocycles. The summed E-state index contributed by atoms with van der Waals surface area (Å²) in [5, 5.41) is -0.569. The van der Waals surface area contributed by atoms with Gasteiger partial charge in [0.1, 0.15) is 5.38 Å². The van der Waals surface area contributed by atoms with Crippen molar-refractivity contribution < 1.29 is 4.79 Å². The SMILES string of the molecule is C=CC(Cl)C(=O)Cc1ccccc1. The van der Waals surface area contributed by atoms with Gasteiger partial charge in [-0.3, -0.25) is 4.79 Å². The maximum absolute atomic E-state index is 11.3. The quantitative estimate of drug-likeness (QED) is 0.532. The third-order valence-corrected chi connectivity index (χ3v) is 2.16. The Balaban J connectivity index is 2.60. The van der Waals surface area contributed by atoms with Crippen LogP contribution >= 0.6 is 11.6 Å². The van der Waals surface area contributed by atoms with Crippen molar-refractivity contribution in [3.8, 4) is 0 Å². The molecule has 0 amide bonds. The number of alkyl halides is 1. The zero-order chi connectivity index (χ0) is 9.68. The van der Waals surface area contributed by atoms with Gasteiger partial charge in [-0.05, 0) is 5.56 Å². The molecule has 0 saturated carbocycles. The first-order chi connectivity index (χ1) is 6.24. The number of carbonyl (C=O) groups is 1. The Morgan fingerprint density at radius 1 is 1.46 bits per heavy atom. The summed E-state index contributed by atoms with van der Waals surface area (Å²) in [6, 6.07) is 9.54. The molecule has 0 spiro atoms. The van der Waals surface area contributed by atoms with Crippen LogP contribution in [0.15, 0.2) is 43.0 Å². The van der Waals surface area contributed by atoms with Crippen LogP contribution in [0.5, 0.6) is 0 Å². The van der Waals surface area contributed by atoms with Gasteiger partial charge in [0.15, 0.2) is 5.78 Å². The standard InChI is InChI=1S/C11H11ClO/c1-2-10(12)11(13)8-9-6-4-3-5-7-9/h2-7,10H,1,8H2. The Morgan fingerprint density at radius 2 is 2.08 bits per heavy atom. The average molecular weight is 195 g/mol. The number of benzene rings is 1. The van der Waals surface area contributed by atoms with E-state index >= 15 is 0 Å². The Kier molecular flexibility index (Phi) is 3.71. The smallest absolute Gasteiger partial charge is 0.158 e. The minimum absolute atomic E-state index is 0.0112. The second-order valence-corrected chi connectivity index (χ2v) is 3.24. The van der Waals surface area contributed by atoms with Crippen LogP contribution in [0.4, 0.5) is 0 Å². The summed E-state index contributed by atoms with van der Waals surface area (Å²) < 4.78 is 0. The molecule has 1 atom stereocenters. The highest BCUT2D eigenvalue weighted by Crippen LogP contribution is 2.06. The van der Waals surface area contributed by atoms with Crippen molar-refractivity contribution in [1.29, 1.82) is 0 Å². The fourth-order valence-electron chi connectivity index (χ4n) is 1.03. The minimum atomic E-state index is -0.569. The number of hydrogen-bond donors (Lipinski definition) is 0. The molecule has 0 N–H and O–H groups in total. The summed E-state index contributed by atoms with van der Waals surface area (Å²) in [5.74, 6) is -0.0112. The second-order valence-electron chi connectivity index (χ2n) is 2.77. The zero-order valence-electron chi connectivity index (χ0n) is 7.24. The summed E-state index contributed by atoms with van der Waals surface area (Å²) in [5.41, 5.74) is 0.986. The van der Waals surface area contributed by atoms with Gasteiger partial charge in [0, 0.05) is 6.42 Å². The summed E-state index contributed by atoms with van der Waals surface area (Å²) in [6.07, 6.45) is 1.83. The van der Waals surface area contributed by atoms with E-state index < -0.39 is 5.38 Å². The lowest BCUT2D eigenvalue weighted by molar-refractivity contribution is -0.117. The van der Waals surface area contributed by atoms with Crippen LogP contribution in [0.2, 0.25) is 0 Å². The van der Waals surface area contributed by atoms with Gasteiger partial charge in [-0.2, -0.15) is 0 Å². The highest BCUT2D eigenvalue weighted by atomic mass is 35.5. The van der Waals surface area contributed by atoms with Crippen molar-refractivity contribution >= 4 is 17.4 Å². The molecule has 0 radical (unpaired) electrons. The van der Waals surface area contributed by atoms with Gasteiger partial charge < -0.3 is 0 Å². The van der Waals surface area contributed by atoms with Crippen molar-refractivity contribution in [3.63, 3.8) is 0 Å². The molecule has 0 aromatic heterocycles. The normalized spacial score (nSPS) is 12.1. The van der Waals surface area contributed by atoms with Crippen LogP contribution in [-0.4, -0.2) is 11.2 Å².